The Hall–Kier alpha value is -2.38. The van der Waals surface area contributed by atoms with Crippen molar-refractivity contribution in [3.8, 4) is 5.75 Å². The van der Waals surface area contributed by atoms with Gasteiger partial charge < -0.3 is 19.7 Å². The zero-order chi connectivity index (χ0) is 22.5. The van der Waals surface area contributed by atoms with Crippen LogP contribution in [0.25, 0.3) is 0 Å². The summed E-state index contributed by atoms with van der Waals surface area (Å²) in [5, 5.41) is 2.91. The van der Waals surface area contributed by atoms with Crippen molar-refractivity contribution < 1.29 is 19.1 Å². The number of ether oxygens (including phenoxy) is 2. The normalized spacial score (nSPS) is 19.1. The third-order valence-electron chi connectivity index (χ3n) is 6.12. The fourth-order valence-corrected chi connectivity index (χ4v) is 4.57. The van der Waals surface area contributed by atoms with Gasteiger partial charge in [0.2, 0.25) is 0 Å². The van der Waals surface area contributed by atoms with E-state index in [4.69, 9.17) is 9.47 Å². The molecule has 2 aromatic rings. The van der Waals surface area contributed by atoms with Crippen LogP contribution < -0.4 is 10.1 Å². The molecule has 2 aromatic carbocycles. The highest BCUT2D eigenvalue weighted by atomic mass is 79.9. The standard InChI is InChI=1S/C25H29BrN2O4/c1-17-10-12-28(13-11-17)25(30)20-6-2-3-7-22(20)27-24(29)18-8-9-23(21(26)15-18)32-16-19-5-4-14-31-19/h2-3,6-9,15,17,19H,4-5,10-14,16H2,1H3,(H,27,29). The molecule has 0 aromatic heterocycles. The number of para-hydroxylation sites is 1. The molecule has 1 unspecified atom stereocenters. The SMILES string of the molecule is CC1CCN(C(=O)c2ccccc2NC(=O)c2ccc(OCC3CCCO3)c(Br)c2)CC1. The number of nitrogens with zero attached hydrogens (tertiary/aromatic N) is 1. The second-order valence-corrected chi connectivity index (χ2v) is 9.42. The maximum atomic E-state index is 13.1. The van der Waals surface area contributed by atoms with Gasteiger partial charge in [0.15, 0.2) is 0 Å². The molecule has 0 radical (unpaired) electrons. The molecule has 0 saturated carbocycles. The summed E-state index contributed by atoms with van der Waals surface area (Å²) in [7, 11) is 0. The molecule has 0 spiro atoms. The lowest BCUT2D eigenvalue weighted by Gasteiger charge is -2.30. The molecule has 0 bridgehead atoms. The molecule has 2 aliphatic rings. The molecule has 6 nitrogen and oxygen atoms in total. The Balaban J connectivity index is 1.42. The minimum absolute atomic E-state index is 0.0353. The zero-order valence-electron chi connectivity index (χ0n) is 18.3. The number of benzene rings is 2. The number of hydrogen-bond donors (Lipinski definition) is 1. The maximum Gasteiger partial charge on any atom is 0.255 e. The Morgan fingerprint density at radius 2 is 1.94 bits per heavy atom. The van der Waals surface area contributed by atoms with E-state index in [9.17, 15) is 9.59 Å². The molecular formula is C25H29BrN2O4. The van der Waals surface area contributed by atoms with Crippen LogP contribution in [-0.2, 0) is 4.74 Å². The Morgan fingerprint density at radius 3 is 2.66 bits per heavy atom. The van der Waals surface area contributed by atoms with Gasteiger partial charge in [-0.3, -0.25) is 9.59 Å². The molecule has 0 aliphatic carbocycles. The van der Waals surface area contributed by atoms with Crippen molar-refractivity contribution in [2.24, 2.45) is 5.92 Å². The van der Waals surface area contributed by atoms with Crippen molar-refractivity contribution in [3.63, 3.8) is 0 Å². The fourth-order valence-electron chi connectivity index (χ4n) is 4.07. The quantitative estimate of drug-likeness (QED) is 0.596. The molecule has 32 heavy (non-hydrogen) atoms. The van der Waals surface area contributed by atoms with E-state index < -0.39 is 0 Å². The van der Waals surface area contributed by atoms with Gasteiger partial charge >= 0.3 is 0 Å². The van der Waals surface area contributed by atoms with E-state index >= 15 is 0 Å². The number of rotatable bonds is 6. The predicted octanol–water partition coefficient (Wildman–Crippen LogP) is 5.13. The van der Waals surface area contributed by atoms with Crippen LogP contribution in [0, 0.1) is 5.92 Å². The van der Waals surface area contributed by atoms with Crippen LogP contribution in [0.3, 0.4) is 0 Å². The summed E-state index contributed by atoms with van der Waals surface area (Å²) in [4.78, 5) is 27.9. The Morgan fingerprint density at radius 1 is 1.16 bits per heavy atom. The molecule has 2 amide bonds. The molecule has 1 N–H and O–H groups in total. The fraction of sp³-hybridized carbons (Fsp3) is 0.440. The molecule has 170 valence electrons. The van der Waals surface area contributed by atoms with Crippen LogP contribution in [0.15, 0.2) is 46.9 Å². The number of amides is 2. The van der Waals surface area contributed by atoms with E-state index in [0.29, 0.717) is 39.6 Å². The van der Waals surface area contributed by atoms with Gasteiger partial charge in [0.1, 0.15) is 12.4 Å². The van der Waals surface area contributed by atoms with Crippen LogP contribution in [0.2, 0.25) is 0 Å². The van der Waals surface area contributed by atoms with Gasteiger partial charge in [-0.1, -0.05) is 19.1 Å². The number of piperidine rings is 1. The summed E-state index contributed by atoms with van der Waals surface area (Å²) in [6.07, 6.45) is 4.22. The average Bonchev–Trinajstić information content (AvgIpc) is 3.32. The third kappa shape index (κ3) is 5.51. The van der Waals surface area contributed by atoms with E-state index in [0.717, 1.165) is 45.4 Å². The minimum atomic E-state index is -0.274. The van der Waals surface area contributed by atoms with Gasteiger partial charge in [-0.15, -0.1) is 0 Å². The summed E-state index contributed by atoms with van der Waals surface area (Å²) in [5.74, 6) is 1.01. The van der Waals surface area contributed by atoms with Crippen LogP contribution in [0.5, 0.6) is 5.75 Å². The van der Waals surface area contributed by atoms with Crippen LogP contribution in [0.4, 0.5) is 5.69 Å². The van der Waals surface area contributed by atoms with Crippen molar-refractivity contribution >= 4 is 33.4 Å². The summed E-state index contributed by atoms with van der Waals surface area (Å²) in [6.45, 7) is 5.00. The van der Waals surface area contributed by atoms with Gasteiger partial charge in [-0.2, -0.15) is 0 Å². The highest BCUT2D eigenvalue weighted by molar-refractivity contribution is 9.10. The third-order valence-corrected chi connectivity index (χ3v) is 6.74. The van der Waals surface area contributed by atoms with Crippen molar-refractivity contribution in [1.82, 2.24) is 4.90 Å². The lowest BCUT2D eigenvalue weighted by atomic mass is 9.98. The molecule has 1 atom stereocenters. The van der Waals surface area contributed by atoms with Crippen molar-refractivity contribution in [1.29, 1.82) is 0 Å². The van der Waals surface area contributed by atoms with Gasteiger partial charge in [0.05, 0.1) is 21.8 Å². The number of carbonyl (C=O) groups excluding carboxylic acids is 2. The summed E-state index contributed by atoms with van der Waals surface area (Å²) in [6, 6.07) is 12.4. The number of anilines is 1. The monoisotopic (exact) mass is 500 g/mol. The lowest BCUT2D eigenvalue weighted by Crippen LogP contribution is -2.38. The predicted molar refractivity (Wildman–Crippen MR) is 127 cm³/mol. The maximum absolute atomic E-state index is 13.1. The first-order valence-electron chi connectivity index (χ1n) is 11.2. The van der Waals surface area contributed by atoms with E-state index in [-0.39, 0.29) is 17.9 Å². The first-order valence-corrected chi connectivity index (χ1v) is 12.0. The molecule has 2 saturated heterocycles. The number of hydrogen-bond acceptors (Lipinski definition) is 4. The van der Waals surface area contributed by atoms with Gasteiger partial charge in [0, 0.05) is 25.3 Å². The summed E-state index contributed by atoms with van der Waals surface area (Å²) < 4.78 is 12.1. The molecule has 2 fully saturated rings. The van der Waals surface area contributed by atoms with Gasteiger partial charge in [-0.25, -0.2) is 0 Å². The van der Waals surface area contributed by atoms with E-state index in [1.165, 1.54) is 0 Å². The minimum Gasteiger partial charge on any atom is -0.490 e. The van der Waals surface area contributed by atoms with Gasteiger partial charge in [-0.05, 0) is 77.9 Å². The van der Waals surface area contributed by atoms with Crippen molar-refractivity contribution in [3.05, 3.63) is 58.1 Å². The smallest absolute Gasteiger partial charge is 0.255 e. The van der Waals surface area contributed by atoms with E-state index in [2.05, 4.69) is 28.2 Å². The van der Waals surface area contributed by atoms with E-state index in [1.807, 2.05) is 17.0 Å². The largest absolute Gasteiger partial charge is 0.490 e. The summed E-state index contributed by atoms with van der Waals surface area (Å²) in [5.41, 5.74) is 1.53. The number of halogens is 1. The van der Waals surface area contributed by atoms with Gasteiger partial charge in [0.25, 0.3) is 11.8 Å². The van der Waals surface area contributed by atoms with E-state index in [1.54, 1.807) is 30.3 Å². The molecular weight excluding hydrogens is 472 g/mol. The highest BCUT2D eigenvalue weighted by Crippen LogP contribution is 2.28. The second-order valence-electron chi connectivity index (χ2n) is 8.57. The Labute approximate surface area is 197 Å². The Kier molecular flexibility index (Phi) is 7.48. The number of nitrogens with one attached hydrogen (secondary N) is 1. The van der Waals surface area contributed by atoms with Crippen LogP contribution in [0.1, 0.15) is 53.3 Å². The highest BCUT2D eigenvalue weighted by Gasteiger charge is 2.24. The van der Waals surface area contributed by atoms with Crippen molar-refractivity contribution in [2.75, 3.05) is 31.6 Å². The molecule has 2 aliphatic heterocycles. The lowest BCUT2D eigenvalue weighted by molar-refractivity contribution is 0.0676. The average molecular weight is 501 g/mol. The molecule has 2 heterocycles. The topological polar surface area (TPSA) is 67.9 Å². The molecule has 7 heteroatoms. The zero-order valence-corrected chi connectivity index (χ0v) is 19.9. The first-order chi connectivity index (χ1) is 15.5. The van der Waals surface area contributed by atoms with Crippen molar-refractivity contribution in [2.45, 2.75) is 38.7 Å². The molecule has 4 rings (SSSR count). The number of likely N-dealkylation sites (tertiary alicyclic amines) is 1. The first kappa shape index (κ1) is 22.8. The second kappa shape index (κ2) is 10.5. The number of carbonyl (C=O) groups is 2. The summed E-state index contributed by atoms with van der Waals surface area (Å²) >= 11 is 3.50. The van der Waals surface area contributed by atoms with Crippen LogP contribution >= 0.6 is 15.9 Å². The Bertz CT molecular complexity index is 966. The van der Waals surface area contributed by atoms with Crippen LogP contribution in [-0.4, -0.2) is 49.1 Å².